The third kappa shape index (κ3) is 1.88. The summed E-state index contributed by atoms with van der Waals surface area (Å²) in [5, 5.41) is 0. The van der Waals surface area contributed by atoms with Gasteiger partial charge in [-0.25, -0.2) is 0 Å². The number of carbonyl (C=O) groups excluding carboxylic acids is 2. The Bertz CT molecular complexity index is 338. The number of ketones is 1. The van der Waals surface area contributed by atoms with E-state index < -0.39 is 11.7 Å². The molecular weight excluding hydrogens is 224 g/mol. The molecule has 12 heavy (non-hydrogen) atoms. The van der Waals surface area contributed by atoms with Crippen LogP contribution in [0.2, 0.25) is 0 Å². The maximum Gasteiger partial charge on any atom is 0.289 e. The maximum atomic E-state index is 11.0. The zero-order valence-electron chi connectivity index (χ0n) is 5.95. The average Bonchev–Trinajstić information content (AvgIpc) is 2.03. The van der Waals surface area contributed by atoms with E-state index in [1.54, 1.807) is 0 Å². The quantitative estimate of drug-likeness (QED) is 0.593. The molecule has 1 aromatic heterocycles. The second-order valence-corrected chi connectivity index (χ2v) is 3.00. The van der Waals surface area contributed by atoms with Crippen molar-refractivity contribution in [1.82, 2.24) is 4.98 Å². The molecule has 1 heterocycles. The SMILES string of the molecule is NC(=O)C(=O)c1cncc(Br)c1. The highest BCUT2D eigenvalue weighted by Gasteiger charge is 2.12. The van der Waals surface area contributed by atoms with Crippen molar-refractivity contribution in [2.24, 2.45) is 5.73 Å². The van der Waals surface area contributed by atoms with Gasteiger partial charge in [0, 0.05) is 22.4 Å². The molecule has 0 radical (unpaired) electrons. The van der Waals surface area contributed by atoms with Gasteiger partial charge in [0.25, 0.3) is 11.7 Å². The Morgan fingerprint density at radius 1 is 1.42 bits per heavy atom. The Morgan fingerprint density at radius 2 is 2.08 bits per heavy atom. The Morgan fingerprint density at radius 3 is 2.58 bits per heavy atom. The van der Waals surface area contributed by atoms with Gasteiger partial charge in [-0.05, 0) is 22.0 Å². The summed E-state index contributed by atoms with van der Waals surface area (Å²) >= 11 is 3.11. The average molecular weight is 229 g/mol. The fourth-order valence-corrected chi connectivity index (χ4v) is 1.04. The van der Waals surface area contributed by atoms with Crippen LogP contribution in [0.25, 0.3) is 0 Å². The summed E-state index contributed by atoms with van der Waals surface area (Å²) in [7, 11) is 0. The summed E-state index contributed by atoms with van der Waals surface area (Å²) in [5.74, 6) is -1.71. The fourth-order valence-electron chi connectivity index (χ4n) is 0.678. The number of primary amides is 1. The molecule has 0 aliphatic rings. The van der Waals surface area contributed by atoms with E-state index in [0.29, 0.717) is 4.47 Å². The molecule has 0 aliphatic heterocycles. The van der Waals surface area contributed by atoms with Gasteiger partial charge in [0.15, 0.2) is 0 Å². The van der Waals surface area contributed by atoms with Crippen LogP contribution in [0.4, 0.5) is 0 Å². The molecule has 0 fully saturated rings. The first-order chi connectivity index (χ1) is 5.61. The van der Waals surface area contributed by atoms with Gasteiger partial charge < -0.3 is 5.73 Å². The van der Waals surface area contributed by atoms with Crippen LogP contribution in [0.15, 0.2) is 22.9 Å². The first-order valence-corrected chi connectivity index (χ1v) is 3.85. The van der Waals surface area contributed by atoms with Gasteiger partial charge in [0.05, 0.1) is 0 Å². The lowest BCUT2D eigenvalue weighted by Crippen LogP contribution is -2.23. The highest BCUT2D eigenvalue weighted by Crippen LogP contribution is 2.09. The van der Waals surface area contributed by atoms with E-state index in [-0.39, 0.29) is 5.56 Å². The third-order valence-corrected chi connectivity index (χ3v) is 1.62. The van der Waals surface area contributed by atoms with Crippen LogP contribution < -0.4 is 5.73 Å². The largest absolute Gasteiger partial charge is 0.363 e. The first-order valence-electron chi connectivity index (χ1n) is 3.06. The number of pyridine rings is 1. The predicted octanol–water partition coefficient (Wildman–Crippen LogP) is 0.512. The molecule has 62 valence electrons. The summed E-state index contributed by atoms with van der Waals surface area (Å²) < 4.78 is 0.634. The van der Waals surface area contributed by atoms with E-state index >= 15 is 0 Å². The molecular formula is C7H5BrN2O2. The molecule has 0 saturated heterocycles. The third-order valence-electron chi connectivity index (χ3n) is 1.19. The van der Waals surface area contributed by atoms with Crippen molar-refractivity contribution in [2.75, 3.05) is 0 Å². The lowest BCUT2D eigenvalue weighted by atomic mass is 10.2. The van der Waals surface area contributed by atoms with E-state index in [4.69, 9.17) is 5.73 Å². The molecule has 0 saturated carbocycles. The van der Waals surface area contributed by atoms with Crippen LogP contribution in [0.3, 0.4) is 0 Å². The molecule has 0 aliphatic carbocycles. The van der Waals surface area contributed by atoms with Crippen molar-refractivity contribution in [1.29, 1.82) is 0 Å². The topological polar surface area (TPSA) is 73.1 Å². The number of hydrogen-bond acceptors (Lipinski definition) is 3. The van der Waals surface area contributed by atoms with E-state index in [1.807, 2.05) is 0 Å². The molecule has 1 amide bonds. The maximum absolute atomic E-state index is 11.0. The number of halogens is 1. The number of nitrogens with two attached hydrogens (primary N) is 1. The second-order valence-electron chi connectivity index (χ2n) is 2.09. The lowest BCUT2D eigenvalue weighted by Gasteiger charge is -1.95. The van der Waals surface area contributed by atoms with Crippen molar-refractivity contribution in [3.05, 3.63) is 28.5 Å². The first kappa shape index (κ1) is 8.86. The minimum atomic E-state index is -0.977. The molecule has 1 aromatic rings. The van der Waals surface area contributed by atoms with Crippen molar-refractivity contribution in [2.45, 2.75) is 0 Å². The van der Waals surface area contributed by atoms with Gasteiger partial charge in [-0.3, -0.25) is 14.6 Å². The molecule has 2 N–H and O–H groups in total. The summed E-state index contributed by atoms with van der Waals surface area (Å²) in [4.78, 5) is 25.1. The van der Waals surface area contributed by atoms with Gasteiger partial charge >= 0.3 is 0 Å². The highest BCUT2D eigenvalue weighted by molar-refractivity contribution is 9.10. The van der Waals surface area contributed by atoms with Crippen molar-refractivity contribution in [3.63, 3.8) is 0 Å². The van der Waals surface area contributed by atoms with Gasteiger partial charge in [0.1, 0.15) is 0 Å². The van der Waals surface area contributed by atoms with Crippen molar-refractivity contribution < 1.29 is 9.59 Å². The van der Waals surface area contributed by atoms with Gasteiger partial charge in [0.2, 0.25) is 0 Å². The van der Waals surface area contributed by atoms with E-state index in [1.165, 1.54) is 18.5 Å². The van der Waals surface area contributed by atoms with E-state index in [0.717, 1.165) is 0 Å². The summed E-state index contributed by atoms with van der Waals surface area (Å²) in [6.07, 6.45) is 2.80. The van der Waals surface area contributed by atoms with Gasteiger partial charge in [-0.15, -0.1) is 0 Å². The number of rotatable bonds is 2. The van der Waals surface area contributed by atoms with Crippen LogP contribution in [0.5, 0.6) is 0 Å². The number of aromatic nitrogens is 1. The summed E-state index contributed by atoms with van der Waals surface area (Å²) in [6.45, 7) is 0. The minimum absolute atomic E-state index is 0.192. The number of hydrogen-bond donors (Lipinski definition) is 1. The van der Waals surface area contributed by atoms with Crippen LogP contribution in [0.1, 0.15) is 10.4 Å². The van der Waals surface area contributed by atoms with E-state index in [9.17, 15) is 9.59 Å². The molecule has 1 rings (SSSR count). The standard InChI is InChI=1S/C7H5BrN2O2/c8-5-1-4(2-10-3-5)6(11)7(9)12/h1-3H,(H2,9,12). The van der Waals surface area contributed by atoms with Crippen LogP contribution in [0, 0.1) is 0 Å². The summed E-state index contributed by atoms with van der Waals surface area (Å²) in [5.41, 5.74) is 4.98. The Hall–Kier alpha value is -1.23. The zero-order chi connectivity index (χ0) is 9.14. The Labute approximate surface area is 76.9 Å². The molecule has 0 spiro atoms. The number of Topliss-reactive ketones (excluding diaryl/α,β-unsaturated/α-hetero) is 1. The van der Waals surface area contributed by atoms with Crippen LogP contribution in [-0.4, -0.2) is 16.7 Å². The van der Waals surface area contributed by atoms with E-state index in [2.05, 4.69) is 20.9 Å². The minimum Gasteiger partial charge on any atom is -0.363 e. The smallest absolute Gasteiger partial charge is 0.289 e. The lowest BCUT2D eigenvalue weighted by molar-refractivity contribution is -0.114. The number of amides is 1. The Balaban J connectivity index is 3.04. The van der Waals surface area contributed by atoms with Gasteiger partial charge in [-0.2, -0.15) is 0 Å². The van der Waals surface area contributed by atoms with Gasteiger partial charge in [-0.1, -0.05) is 0 Å². The monoisotopic (exact) mass is 228 g/mol. The second kappa shape index (κ2) is 3.44. The molecule has 0 bridgehead atoms. The molecule has 4 nitrogen and oxygen atoms in total. The molecule has 0 aromatic carbocycles. The highest BCUT2D eigenvalue weighted by atomic mass is 79.9. The Kier molecular flexibility index (Phi) is 2.54. The van der Waals surface area contributed by atoms with Crippen molar-refractivity contribution >= 4 is 27.6 Å². The molecule has 0 atom stereocenters. The molecule has 5 heteroatoms. The molecule has 0 unspecified atom stereocenters. The number of carbonyl (C=O) groups is 2. The summed E-state index contributed by atoms with van der Waals surface area (Å²) in [6, 6.07) is 1.49. The normalized spacial score (nSPS) is 9.42. The van der Waals surface area contributed by atoms with Crippen LogP contribution >= 0.6 is 15.9 Å². The number of nitrogens with zero attached hydrogens (tertiary/aromatic N) is 1. The van der Waals surface area contributed by atoms with Crippen LogP contribution in [-0.2, 0) is 4.79 Å². The fraction of sp³-hybridized carbons (Fsp3) is 0. The zero-order valence-corrected chi connectivity index (χ0v) is 7.54. The predicted molar refractivity (Wildman–Crippen MR) is 45.5 cm³/mol. The van der Waals surface area contributed by atoms with Crippen molar-refractivity contribution in [3.8, 4) is 0 Å².